The van der Waals surface area contributed by atoms with Gasteiger partial charge < -0.3 is 5.73 Å². The Balaban J connectivity index is 2.25. The molecule has 0 fully saturated rings. The minimum Gasteiger partial charge on any atom is -0.324 e. The van der Waals surface area contributed by atoms with Crippen molar-refractivity contribution < 1.29 is 4.39 Å². The molecule has 0 radical (unpaired) electrons. The van der Waals surface area contributed by atoms with Gasteiger partial charge in [0.2, 0.25) is 0 Å². The largest absolute Gasteiger partial charge is 0.324 e. The lowest BCUT2D eigenvalue weighted by Gasteiger charge is -2.15. The third kappa shape index (κ3) is 3.55. The second kappa shape index (κ2) is 5.72. The van der Waals surface area contributed by atoms with Crippen molar-refractivity contribution in [1.82, 2.24) is 0 Å². The average molecular weight is 278 g/mol. The maximum Gasteiger partial charge on any atom is 0.123 e. The van der Waals surface area contributed by atoms with E-state index in [1.54, 1.807) is 12.1 Å². The topological polar surface area (TPSA) is 26.0 Å². The Hall–Kier alpha value is -1.38. The number of halogens is 2. The van der Waals surface area contributed by atoms with Gasteiger partial charge in [-0.05, 0) is 66.8 Å². The van der Waals surface area contributed by atoms with Gasteiger partial charge in [-0.1, -0.05) is 23.7 Å². The van der Waals surface area contributed by atoms with Crippen LogP contribution in [0.15, 0.2) is 36.4 Å². The summed E-state index contributed by atoms with van der Waals surface area (Å²) in [5.41, 5.74) is 10.2. The lowest BCUT2D eigenvalue weighted by molar-refractivity contribution is 0.621. The first-order valence-corrected chi connectivity index (χ1v) is 6.61. The van der Waals surface area contributed by atoms with E-state index in [1.807, 2.05) is 32.0 Å². The fraction of sp³-hybridized carbons (Fsp3) is 0.250. The lowest BCUT2D eigenvalue weighted by atomic mass is 9.96. The molecule has 100 valence electrons. The van der Waals surface area contributed by atoms with Gasteiger partial charge in [-0.25, -0.2) is 4.39 Å². The Kier molecular flexibility index (Phi) is 4.23. The molecule has 2 rings (SSSR count). The minimum absolute atomic E-state index is 0.183. The highest BCUT2D eigenvalue weighted by Crippen LogP contribution is 2.23. The summed E-state index contributed by atoms with van der Waals surface area (Å²) >= 11 is 6.04. The molecule has 3 heteroatoms. The highest BCUT2D eigenvalue weighted by atomic mass is 35.5. The van der Waals surface area contributed by atoms with Gasteiger partial charge in [0, 0.05) is 11.1 Å². The minimum atomic E-state index is -0.227. The average Bonchev–Trinajstić information content (AvgIpc) is 2.32. The third-order valence-electron chi connectivity index (χ3n) is 3.24. The van der Waals surface area contributed by atoms with Crippen LogP contribution in [0.25, 0.3) is 0 Å². The molecule has 1 atom stereocenters. The summed E-state index contributed by atoms with van der Waals surface area (Å²) in [5, 5.41) is 0.682. The second-order valence-electron chi connectivity index (χ2n) is 4.94. The molecule has 1 unspecified atom stereocenters. The predicted octanol–water partition coefficient (Wildman–Crippen LogP) is 4.34. The summed E-state index contributed by atoms with van der Waals surface area (Å²) in [5.74, 6) is -0.227. The zero-order valence-corrected chi connectivity index (χ0v) is 11.8. The van der Waals surface area contributed by atoms with Gasteiger partial charge in [0.15, 0.2) is 0 Å². The normalized spacial score (nSPS) is 12.5. The van der Waals surface area contributed by atoms with Gasteiger partial charge in [-0.15, -0.1) is 0 Å². The first kappa shape index (κ1) is 14.0. The number of nitrogens with two attached hydrogens (primary N) is 1. The standard InChI is InChI=1S/C16H17ClFN/c1-10-5-13(7-14(17)6-10)16(19)9-12-8-15(18)4-3-11(12)2/h3-8,16H,9,19H2,1-2H3. The molecular weight excluding hydrogens is 261 g/mol. The van der Waals surface area contributed by atoms with Crippen LogP contribution < -0.4 is 5.73 Å². The molecule has 2 N–H and O–H groups in total. The SMILES string of the molecule is Cc1cc(Cl)cc(C(N)Cc2cc(F)ccc2C)c1. The van der Waals surface area contributed by atoms with E-state index < -0.39 is 0 Å². The van der Waals surface area contributed by atoms with E-state index in [-0.39, 0.29) is 11.9 Å². The first-order chi connectivity index (χ1) is 8.95. The molecule has 0 saturated heterocycles. The van der Waals surface area contributed by atoms with Crippen LogP contribution in [0.4, 0.5) is 4.39 Å². The Bertz CT molecular complexity index is 575. The van der Waals surface area contributed by atoms with Crippen LogP contribution >= 0.6 is 11.6 Å². The number of hydrogen-bond donors (Lipinski definition) is 1. The van der Waals surface area contributed by atoms with E-state index in [4.69, 9.17) is 17.3 Å². The van der Waals surface area contributed by atoms with Gasteiger partial charge in [-0.3, -0.25) is 0 Å². The monoisotopic (exact) mass is 277 g/mol. The van der Waals surface area contributed by atoms with E-state index in [0.717, 1.165) is 22.3 Å². The van der Waals surface area contributed by atoms with Crippen molar-refractivity contribution in [3.63, 3.8) is 0 Å². The van der Waals surface area contributed by atoms with Crippen molar-refractivity contribution in [2.24, 2.45) is 5.73 Å². The molecule has 19 heavy (non-hydrogen) atoms. The zero-order valence-electron chi connectivity index (χ0n) is 11.1. The van der Waals surface area contributed by atoms with Gasteiger partial charge in [0.1, 0.15) is 5.82 Å². The van der Waals surface area contributed by atoms with E-state index >= 15 is 0 Å². The number of rotatable bonds is 3. The fourth-order valence-electron chi connectivity index (χ4n) is 2.19. The second-order valence-corrected chi connectivity index (χ2v) is 5.38. The summed E-state index contributed by atoms with van der Waals surface area (Å²) in [6, 6.07) is 10.4. The molecule has 0 aliphatic carbocycles. The number of aryl methyl sites for hydroxylation is 2. The van der Waals surface area contributed by atoms with Crippen LogP contribution in [0.5, 0.6) is 0 Å². The van der Waals surface area contributed by atoms with Crippen molar-refractivity contribution in [3.8, 4) is 0 Å². The maximum atomic E-state index is 13.3. The van der Waals surface area contributed by atoms with Crippen molar-refractivity contribution in [3.05, 3.63) is 69.5 Å². The predicted molar refractivity (Wildman–Crippen MR) is 78.0 cm³/mol. The maximum absolute atomic E-state index is 13.3. The third-order valence-corrected chi connectivity index (χ3v) is 3.46. The molecule has 0 aliphatic heterocycles. The van der Waals surface area contributed by atoms with Crippen LogP contribution in [-0.4, -0.2) is 0 Å². The van der Waals surface area contributed by atoms with Gasteiger partial charge >= 0.3 is 0 Å². The van der Waals surface area contributed by atoms with Crippen LogP contribution in [0.3, 0.4) is 0 Å². The fourth-order valence-corrected chi connectivity index (χ4v) is 2.49. The number of benzene rings is 2. The Morgan fingerprint density at radius 3 is 2.58 bits per heavy atom. The van der Waals surface area contributed by atoms with Crippen molar-refractivity contribution in [2.45, 2.75) is 26.3 Å². The molecule has 0 spiro atoms. The highest BCUT2D eigenvalue weighted by Gasteiger charge is 2.11. The summed E-state index contributed by atoms with van der Waals surface area (Å²) in [4.78, 5) is 0. The zero-order chi connectivity index (χ0) is 14.0. The van der Waals surface area contributed by atoms with Gasteiger partial charge in [0.25, 0.3) is 0 Å². The molecule has 0 heterocycles. The van der Waals surface area contributed by atoms with E-state index in [9.17, 15) is 4.39 Å². The van der Waals surface area contributed by atoms with E-state index in [0.29, 0.717) is 11.4 Å². The van der Waals surface area contributed by atoms with E-state index in [2.05, 4.69) is 0 Å². The van der Waals surface area contributed by atoms with Crippen LogP contribution in [0.2, 0.25) is 5.02 Å². The summed E-state index contributed by atoms with van der Waals surface area (Å²) in [6.07, 6.45) is 0.601. The highest BCUT2D eigenvalue weighted by molar-refractivity contribution is 6.30. The molecule has 0 aromatic heterocycles. The van der Waals surface area contributed by atoms with Crippen molar-refractivity contribution in [1.29, 1.82) is 0 Å². The molecule has 2 aromatic carbocycles. The van der Waals surface area contributed by atoms with Gasteiger partial charge in [0.05, 0.1) is 0 Å². The molecule has 0 amide bonds. The summed E-state index contributed by atoms with van der Waals surface area (Å²) < 4.78 is 13.3. The van der Waals surface area contributed by atoms with Crippen LogP contribution in [-0.2, 0) is 6.42 Å². The van der Waals surface area contributed by atoms with Gasteiger partial charge in [-0.2, -0.15) is 0 Å². The smallest absolute Gasteiger partial charge is 0.123 e. The molecule has 0 aliphatic rings. The van der Waals surface area contributed by atoms with Crippen molar-refractivity contribution in [2.75, 3.05) is 0 Å². The number of hydrogen-bond acceptors (Lipinski definition) is 1. The van der Waals surface area contributed by atoms with Crippen molar-refractivity contribution >= 4 is 11.6 Å². The summed E-state index contributed by atoms with van der Waals surface area (Å²) in [7, 11) is 0. The quantitative estimate of drug-likeness (QED) is 0.887. The Morgan fingerprint density at radius 2 is 1.89 bits per heavy atom. The molecule has 0 bridgehead atoms. The first-order valence-electron chi connectivity index (χ1n) is 6.23. The summed E-state index contributed by atoms with van der Waals surface area (Å²) in [6.45, 7) is 3.94. The molecule has 1 nitrogen and oxygen atoms in total. The molecule has 2 aromatic rings. The molecular formula is C16H17ClFN. The molecule has 0 saturated carbocycles. The van der Waals surface area contributed by atoms with Crippen LogP contribution in [0.1, 0.15) is 28.3 Å². The van der Waals surface area contributed by atoms with E-state index in [1.165, 1.54) is 6.07 Å². The lowest BCUT2D eigenvalue weighted by Crippen LogP contribution is -2.14. The van der Waals surface area contributed by atoms with Crippen LogP contribution in [0, 0.1) is 19.7 Å². The Morgan fingerprint density at radius 1 is 1.16 bits per heavy atom. The Labute approximate surface area is 118 Å².